The maximum atomic E-state index is 13.1. The summed E-state index contributed by atoms with van der Waals surface area (Å²) < 4.78 is 10.6. The monoisotopic (exact) mass is 411 g/mol. The SMILES string of the molecule is COc1ccc(N2CC(C(=O)N3CCC(C)CC3CN)CC2=O)c(OC)c1.Cl. The van der Waals surface area contributed by atoms with Crippen molar-refractivity contribution in [3.8, 4) is 11.5 Å². The Morgan fingerprint density at radius 2 is 2.04 bits per heavy atom. The van der Waals surface area contributed by atoms with Crippen LogP contribution >= 0.6 is 12.4 Å². The van der Waals surface area contributed by atoms with Gasteiger partial charge in [0.25, 0.3) is 0 Å². The summed E-state index contributed by atoms with van der Waals surface area (Å²) in [5.74, 6) is 1.43. The first-order valence-corrected chi connectivity index (χ1v) is 9.51. The smallest absolute Gasteiger partial charge is 0.228 e. The molecule has 2 fully saturated rings. The molecule has 0 bridgehead atoms. The van der Waals surface area contributed by atoms with Crippen LogP contribution < -0.4 is 20.1 Å². The van der Waals surface area contributed by atoms with Crippen LogP contribution in [0.3, 0.4) is 0 Å². The zero-order valence-corrected chi connectivity index (χ0v) is 17.5. The topological polar surface area (TPSA) is 85.1 Å². The van der Waals surface area contributed by atoms with Crippen LogP contribution in [0.1, 0.15) is 26.2 Å². The van der Waals surface area contributed by atoms with Crippen molar-refractivity contribution in [2.24, 2.45) is 17.6 Å². The van der Waals surface area contributed by atoms with E-state index in [1.54, 1.807) is 37.3 Å². The quantitative estimate of drug-likeness (QED) is 0.801. The molecule has 3 unspecified atom stereocenters. The van der Waals surface area contributed by atoms with Crippen LogP contribution in [0.4, 0.5) is 5.69 Å². The molecule has 1 aromatic rings. The molecule has 1 aromatic carbocycles. The molecule has 156 valence electrons. The van der Waals surface area contributed by atoms with Gasteiger partial charge in [-0.05, 0) is 30.9 Å². The summed E-state index contributed by atoms with van der Waals surface area (Å²) in [5.41, 5.74) is 6.57. The van der Waals surface area contributed by atoms with Crippen molar-refractivity contribution in [1.82, 2.24) is 4.90 Å². The van der Waals surface area contributed by atoms with E-state index in [0.717, 1.165) is 19.4 Å². The molecule has 0 aromatic heterocycles. The van der Waals surface area contributed by atoms with Gasteiger partial charge in [0.2, 0.25) is 11.8 Å². The molecular weight excluding hydrogens is 382 g/mol. The molecule has 2 aliphatic rings. The average molecular weight is 412 g/mol. The second-order valence-corrected chi connectivity index (χ2v) is 7.49. The van der Waals surface area contributed by atoms with Gasteiger partial charge in [-0.3, -0.25) is 9.59 Å². The number of carbonyl (C=O) groups excluding carboxylic acids is 2. The predicted octanol–water partition coefficient (Wildman–Crippen LogP) is 2.06. The Balaban J connectivity index is 0.00000280. The molecule has 7 nitrogen and oxygen atoms in total. The third-order valence-corrected chi connectivity index (χ3v) is 5.69. The van der Waals surface area contributed by atoms with Gasteiger partial charge in [-0.15, -0.1) is 12.4 Å². The number of anilines is 1. The number of nitrogens with zero attached hydrogens (tertiary/aromatic N) is 2. The third kappa shape index (κ3) is 4.36. The summed E-state index contributed by atoms with van der Waals surface area (Å²) in [5, 5.41) is 0. The first-order chi connectivity index (χ1) is 13.0. The third-order valence-electron chi connectivity index (χ3n) is 5.69. The number of halogens is 1. The Labute approximate surface area is 172 Å². The number of ether oxygens (including phenoxy) is 2. The number of carbonyl (C=O) groups is 2. The highest BCUT2D eigenvalue weighted by molar-refractivity contribution is 6.01. The highest BCUT2D eigenvalue weighted by atomic mass is 35.5. The van der Waals surface area contributed by atoms with Gasteiger partial charge in [0.1, 0.15) is 11.5 Å². The zero-order chi connectivity index (χ0) is 19.6. The van der Waals surface area contributed by atoms with Gasteiger partial charge in [0.15, 0.2) is 0 Å². The van der Waals surface area contributed by atoms with E-state index < -0.39 is 0 Å². The van der Waals surface area contributed by atoms with E-state index in [2.05, 4.69) is 6.92 Å². The van der Waals surface area contributed by atoms with Crippen LogP contribution in [0.5, 0.6) is 11.5 Å². The second-order valence-electron chi connectivity index (χ2n) is 7.49. The number of nitrogens with two attached hydrogens (primary N) is 1. The average Bonchev–Trinajstić information content (AvgIpc) is 3.08. The molecule has 2 amide bonds. The fourth-order valence-electron chi connectivity index (χ4n) is 4.11. The Kier molecular flexibility index (Phi) is 7.55. The molecule has 2 aliphatic heterocycles. The van der Waals surface area contributed by atoms with Gasteiger partial charge in [-0.25, -0.2) is 0 Å². The van der Waals surface area contributed by atoms with Crippen molar-refractivity contribution in [3.63, 3.8) is 0 Å². The number of hydrogen-bond acceptors (Lipinski definition) is 5. The van der Waals surface area contributed by atoms with E-state index in [0.29, 0.717) is 36.2 Å². The summed E-state index contributed by atoms with van der Waals surface area (Å²) in [6, 6.07) is 5.40. The number of rotatable bonds is 5. The highest BCUT2D eigenvalue weighted by Gasteiger charge is 2.40. The number of likely N-dealkylation sites (tertiary alicyclic amines) is 1. The Hall–Kier alpha value is -1.99. The molecule has 8 heteroatoms. The lowest BCUT2D eigenvalue weighted by Crippen LogP contribution is -2.51. The standard InChI is InChI=1S/C20H29N3O4.ClH/c1-13-6-7-22(15(8-13)11-21)20(25)14-9-19(24)23(12-14)17-5-4-16(26-2)10-18(17)27-3;/h4-5,10,13-15H,6-9,11-12,21H2,1-3H3;1H. The first kappa shape index (κ1) is 22.3. The van der Waals surface area contributed by atoms with Gasteiger partial charge in [0.05, 0.1) is 25.8 Å². The maximum Gasteiger partial charge on any atom is 0.228 e. The summed E-state index contributed by atoms with van der Waals surface area (Å²) in [6.07, 6.45) is 2.13. The van der Waals surface area contributed by atoms with Gasteiger partial charge in [-0.2, -0.15) is 0 Å². The summed E-state index contributed by atoms with van der Waals surface area (Å²) in [7, 11) is 3.14. The summed E-state index contributed by atoms with van der Waals surface area (Å²) in [6.45, 7) is 3.75. The Bertz CT molecular complexity index is 715. The molecule has 2 heterocycles. The van der Waals surface area contributed by atoms with Crippen LogP contribution in [-0.2, 0) is 9.59 Å². The van der Waals surface area contributed by atoms with E-state index in [1.165, 1.54) is 0 Å². The first-order valence-electron chi connectivity index (χ1n) is 9.51. The van der Waals surface area contributed by atoms with E-state index >= 15 is 0 Å². The van der Waals surface area contributed by atoms with Gasteiger partial charge >= 0.3 is 0 Å². The number of piperidine rings is 1. The van der Waals surface area contributed by atoms with E-state index in [1.807, 2.05) is 4.90 Å². The zero-order valence-electron chi connectivity index (χ0n) is 16.7. The van der Waals surface area contributed by atoms with Crippen molar-refractivity contribution >= 4 is 29.9 Å². The van der Waals surface area contributed by atoms with Crippen LogP contribution in [0.2, 0.25) is 0 Å². The van der Waals surface area contributed by atoms with Gasteiger partial charge in [-0.1, -0.05) is 6.92 Å². The minimum atomic E-state index is -0.341. The number of amides is 2. The van der Waals surface area contributed by atoms with Crippen LogP contribution in [0, 0.1) is 11.8 Å². The molecule has 2 N–H and O–H groups in total. The van der Waals surface area contributed by atoms with Crippen LogP contribution in [-0.4, -0.2) is 56.6 Å². The molecular formula is C20H30ClN3O4. The molecule has 2 saturated heterocycles. The van der Waals surface area contributed by atoms with Crippen molar-refractivity contribution < 1.29 is 19.1 Å². The molecule has 28 heavy (non-hydrogen) atoms. The van der Waals surface area contributed by atoms with Crippen LogP contribution in [0.15, 0.2) is 18.2 Å². The Morgan fingerprint density at radius 1 is 1.29 bits per heavy atom. The number of methoxy groups -OCH3 is 2. The number of hydrogen-bond donors (Lipinski definition) is 1. The lowest BCUT2D eigenvalue weighted by Gasteiger charge is -2.39. The van der Waals surface area contributed by atoms with Crippen molar-refractivity contribution in [1.29, 1.82) is 0 Å². The molecule has 3 atom stereocenters. The minimum absolute atomic E-state index is 0. The summed E-state index contributed by atoms with van der Waals surface area (Å²) in [4.78, 5) is 29.3. The fraction of sp³-hybridized carbons (Fsp3) is 0.600. The minimum Gasteiger partial charge on any atom is -0.497 e. The molecule has 0 aliphatic carbocycles. The van der Waals surface area contributed by atoms with Crippen LogP contribution in [0.25, 0.3) is 0 Å². The molecule has 0 radical (unpaired) electrons. The van der Waals surface area contributed by atoms with E-state index in [4.69, 9.17) is 15.2 Å². The number of benzene rings is 1. The summed E-state index contributed by atoms with van der Waals surface area (Å²) >= 11 is 0. The molecule has 0 spiro atoms. The van der Waals surface area contributed by atoms with E-state index in [9.17, 15) is 9.59 Å². The lowest BCUT2D eigenvalue weighted by atomic mass is 9.91. The second kappa shape index (κ2) is 9.47. The molecule has 3 rings (SSSR count). The fourth-order valence-corrected chi connectivity index (χ4v) is 4.11. The largest absolute Gasteiger partial charge is 0.497 e. The normalized spacial score (nSPS) is 24.7. The Morgan fingerprint density at radius 3 is 2.68 bits per heavy atom. The van der Waals surface area contributed by atoms with Crippen molar-refractivity contribution in [2.75, 3.05) is 38.8 Å². The lowest BCUT2D eigenvalue weighted by molar-refractivity contribution is -0.139. The van der Waals surface area contributed by atoms with Gasteiger partial charge < -0.3 is 25.0 Å². The van der Waals surface area contributed by atoms with Crippen molar-refractivity contribution in [3.05, 3.63) is 18.2 Å². The maximum absolute atomic E-state index is 13.1. The highest BCUT2D eigenvalue weighted by Crippen LogP contribution is 2.36. The van der Waals surface area contributed by atoms with E-state index in [-0.39, 0.29) is 42.6 Å². The van der Waals surface area contributed by atoms with Crippen molar-refractivity contribution in [2.45, 2.75) is 32.2 Å². The predicted molar refractivity (Wildman–Crippen MR) is 110 cm³/mol. The molecule has 0 saturated carbocycles. The van der Waals surface area contributed by atoms with Gasteiger partial charge in [0, 0.05) is 38.2 Å².